The molecule has 2 heterocycles. The Kier molecular flexibility index (Phi) is 3.92. The smallest absolute Gasteiger partial charge is 0.245 e. The molecule has 2 saturated heterocycles. The number of carbonyl (C=O) groups excluding carboxylic acids is 2. The summed E-state index contributed by atoms with van der Waals surface area (Å²) in [5, 5.41) is 0. The summed E-state index contributed by atoms with van der Waals surface area (Å²) in [5.74, 6) is 0.301. The van der Waals surface area contributed by atoms with E-state index in [0.717, 1.165) is 25.7 Å². The third kappa shape index (κ3) is 2.79. The summed E-state index contributed by atoms with van der Waals surface area (Å²) in [7, 11) is 0. The molecule has 2 unspecified atom stereocenters. The lowest BCUT2D eigenvalue weighted by molar-refractivity contribution is -0.149. The van der Waals surface area contributed by atoms with Crippen LogP contribution >= 0.6 is 0 Å². The van der Waals surface area contributed by atoms with E-state index in [1.165, 1.54) is 0 Å². The molecule has 2 N–H and O–H groups in total. The lowest BCUT2D eigenvalue weighted by atomic mass is 9.95. The molecule has 0 radical (unpaired) electrons. The predicted molar refractivity (Wildman–Crippen MR) is 77.5 cm³/mol. The summed E-state index contributed by atoms with van der Waals surface area (Å²) in [4.78, 5) is 29.0. The highest BCUT2D eigenvalue weighted by Crippen LogP contribution is 2.40. The molecule has 118 valence electrons. The lowest BCUT2D eigenvalue weighted by Crippen LogP contribution is -2.59. The summed E-state index contributed by atoms with van der Waals surface area (Å²) < 4.78 is 5.29. The van der Waals surface area contributed by atoms with Gasteiger partial charge in [0.2, 0.25) is 11.8 Å². The Morgan fingerprint density at radius 1 is 1.14 bits per heavy atom. The number of likely N-dealkylation sites (tertiary alicyclic amines) is 1. The fraction of sp³-hybridized carbons (Fsp3) is 0.867. The zero-order valence-corrected chi connectivity index (χ0v) is 12.7. The molecule has 1 aliphatic carbocycles. The topological polar surface area (TPSA) is 75.9 Å². The summed E-state index contributed by atoms with van der Waals surface area (Å²) in [5.41, 5.74) is 5.44. The molecular formula is C15H25N3O3. The molecule has 6 nitrogen and oxygen atoms in total. The van der Waals surface area contributed by atoms with Gasteiger partial charge in [0.15, 0.2) is 0 Å². The van der Waals surface area contributed by atoms with E-state index in [9.17, 15) is 9.59 Å². The molecule has 0 bridgehead atoms. The molecule has 6 heteroatoms. The maximum Gasteiger partial charge on any atom is 0.245 e. The Bertz CT molecular complexity index is 428. The maximum absolute atomic E-state index is 12.8. The van der Waals surface area contributed by atoms with Gasteiger partial charge in [-0.05, 0) is 38.5 Å². The molecule has 2 atom stereocenters. The van der Waals surface area contributed by atoms with Crippen molar-refractivity contribution in [2.24, 2.45) is 11.7 Å². The van der Waals surface area contributed by atoms with Gasteiger partial charge in [-0.15, -0.1) is 0 Å². The number of nitrogens with zero attached hydrogens (tertiary/aromatic N) is 2. The van der Waals surface area contributed by atoms with Gasteiger partial charge in [-0.3, -0.25) is 9.59 Å². The first-order valence-corrected chi connectivity index (χ1v) is 7.98. The van der Waals surface area contributed by atoms with Crippen molar-refractivity contribution in [2.75, 3.05) is 32.8 Å². The third-order valence-corrected chi connectivity index (χ3v) is 5.01. The minimum Gasteiger partial charge on any atom is -0.378 e. The van der Waals surface area contributed by atoms with Crippen molar-refractivity contribution >= 4 is 11.8 Å². The number of rotatable bonds is 3. The number of hydrogen-bond acceptors (Lipinski definition) is 4. The SMILES string of the molecule is CC(N)(C(=O)N1CCCC1C(=O)N1CCOCC1)C1CC1. The molecule has 0 spiro atoms. The maximum atomic E-state index is 12.8. The minimum absolute atomic E-state index is 0.0471. The molecule has 21 heavy (non-hydrogen) atoms. The van der Waals surface area contributed by atoms with E-state index in [-0.39, 0.29) is 23.8 Å². The van der Waals surface area contributed by atoms with E-state index < -0.39 is 5.54 Å². The van der Waals surface area contributed by atoms with Gasteiger partial charge in [0, 0.05) is 19.6 Å². The molecule has 3 rings (SSSR count). The van der Waals surface area contributed by atoms with Crippen LogP contribution in [0.3, 0.4) is 0 Å². The molecule has 3 aliphatic rings. The largest absolute Gasteiger partial charge is 0.378 e. The van der Waals surface area contributed by atoms with Crippen LogP contribution in [-0.4, -0.2) is 66.0 Å². The van der Waals surface area contributed by atoms with Crippen LogP contribution in [0.4, 0.5) is 0 Å². The average Bonchev–Trinajstić information content (AvgIpc) is 3.25. The van der Waals surface area contributed by atoms with Crippen LogP contribution in [0.5, 0.6) is 0 Å². The molecule has 0 aromatic heterocycles. The highest BCUT2D eigenvalue weighted by atomic mass is 16.5. The number of nitrogens with two attached hydrogens (primary N) is 1. The number of carbonyl (C=O) groups is 2. The van der Waals surface area contributed by atoms with Crippen molar-refractivity contribution in [2.45, 2.75) is 44.2 Å². The van der Waals surface area contributed by atoms with Gasteiger partial charge in [0.25, 0.3) is 0 Å². The zero-order valence-electron chi connectivity index (χ0n) is 12.7. The second kappa shape index (κ2) is 5.57. The van der Waals surface area contributed by atoms with Crippen LogP contribution in [-0.2, 0) is 14.3 Å². The summed E-state index contributed by atoms with van der Waals surface area (Å²) in [6.07, 6.45) is 3.68. The number of morpholine rings is 1. The fourth-order valence-corrected chi connectivity index (χ4v) is 3.43. The Balaban J connectivity index is 1.69. The van der Waals surface area contributed by atoms with E-state index in [4.69, 9.17) is 10.5 Å². The van der Waals surface area contributed by atoms with E-state index in [2.05, 4.69) is 0 Å². The zero-order chi connectivity index (χ0) is 15.0. The quantitative estimate of drug-likeness (QED) is 0.793. The van der Waals surface area contributed by atoms with Crippen molar-refractivity contribution in [1.29, 1.82) is 0 Å². The molecular weight excluding hydrogens is 270 g/mol. The van der Waals surface area contributed by atoms with Crippen molar-refractivity contribution < 1.29 is 14.3 Å². The van der Waals surface area contributed by atoms with E-state index in [1.54, 1.807) is 4.90 Å². The minimum atomic E-state index is -0.812. The third-order valence-electron chi connectivity index (χ3n) is 5.01. The lowest BCUT2D eigenvalue weighted by Gasteiger charge is -2.36. The first-order chi connectivity index (χ1) is 10.0. The van der Waals surface area contributed by atoms with Crippen molar-refractivity contribution in [3.8, 4) is 0 Å². The van der Waals surface area contributed by atoms with Crippen LogP contribution in [0.1, 0.15) is 32.6 Å². The standard InChI is InChI=1S/C15H25N3O3/c1-15(16,11-4-5-11)14(20)18-6-2-3-12(18)13(19)17-7-9-21-10-8-17/h11-12H,2-10,16H2,1H3. The van der Waals surface area contributed by atoms with Crippen molar-refractivity contribution in [3.05, 3.63) is 0 Å². The number of ether oxygens (including phenoxy) is 1. The Morgan fingerprint density at radius 2 is 1.81 bits per heavy atom. The van der Waals surface area contributed by atoms with Crippen LogP contribution in [0, 0.1) is 5.92 Å². The van der Waals surface area contributed by atoms with Gasteiger partial charge in [-0.2, -0.15) is 0 Å². The van der Waals surface area contributed by atoms with Crippen LogP contribution in [0.25, 0.3) is 0 Å². The average molecular weight is 295 g/mol. The van der Waals surface area contributed by atoms with E-state index >= 15 is 0 Å². The Hall–Kier alpha value is -1.14. The van der Waals surface area contributed by atoms with Crippen molar-refractivity contribution in [3.63, 3.8) is 0 Å². The molecule has 1 saturated carbocycles. The normalized spacial score (nSPS) is 29.3. The molecule has 0 aromatic rings. The van der Waals surface area contributed by atoms with E-state index in [0.29, 0.717) is 32.8 Å². The molecule has 2 aliphatic heterocycles. The van der Waals surface area contributed by atoms with Crippen LogP contribution in [0.15, 0.2) is 0 Å². The van der Waals surface area contributed by atoms with E-state index in [1.807, 2.05) is 11.8 Å². The Labute approximate surface area is 125 Å². The molecule has 3 fully saturated rings. The van der Waals surface area contributed by atoms with Gasteiger partial charge in [0.1, 0.15) is 6.04 Å². The first kappa shape index (κ1) is 14.8. The van der Waals surface area contributed by atoms with Crippen LogP contribution in [0.2, 0.25) is 0 Å². The van der Waals surface area contributed by atoms with Gasteiger partial charge in [-0.1, -0.05) is 0 Å². The van der Waals surface area contributed by atoms with Gasteiger partial charge in [-0.25, -0.2) is 0 Å². The second-order valence-corrected chi connectivity index (χ2v) is 6.65. The number of hydrogen-bond donors (Lipinski definition) is 1. The highest BCUT2D eigenvalue weighted by Gasteiger charge is 2.49. The first-order valence-electron chi connectivity index (χ1n) is 7.98. The predicted octanol–water partition coefficient (Wildman–Crippen LogP) is -0.0364. The fourth-order valence-electron chi connectivity index (χ4n) is 3.43. The summed E-state index contributed by atoms with van der Waals surface area (Å²) >= 11 is 0. The number of amides is 2. The van der Waals surface area contributed by atoms with Gasteiger partial charge in [0.05, 0.1) is 18.8 Å². The van der Waals surface area contributed by atoms with Crippen LogP contribution < -0.4 is 5.73 Å². The molecule has 2 amide bonds. The van der Waals surface area contributed by atoms with Gasteiger partial charge < -0.3 is 20.3 Å². The Morgan fingerprint density at radius 3 is 2.43 bits per heavy atom. The monoisotopic (exact) mass is 295 g/mol. The van der Waals surface area contributed by atoms with Gasteiger partial charge >= 0.3 is 0 Å². The van der Waals surface area contributed by atoms with Crippen molar-refractivity contribution in [1.82, 2.24) is 9.80 Å². The second-order valence-electron chi connectivity index (χ2n) is 6.65. The summed E-state index contributed by atoms with van der Waals surface area (Å²) in [6.45, 7) is 4.90. The highest BCUT2D eigenvalue weighted by molar-refractivity contribution is 5.92. The molecule has 0 aromatic carbocycles. The summed E-state index contributed by atoms with van der Waals surface area (Å²) in [6, 6.07) is -0.322.